The van der Waals surface area contributed by atoms with Gasteiger partial charge in [-0.15, -0.1) is 11.3 Å². The van der Waals surface area contributed by atoms with Crippen LogP contribution in [0.25, 0.3) is 6.08 Å². The van der Waals surface area contributed by atoms with Crippen LogP contribution in [0.1, 0.15) is 28.2 Å². The van der Waals surface area contributed by atoms with E-state index >= 15 is 0 Å². The van der Waals surface area contributed by atoms with E-state index in [2.05, 4.69) is 6.07 Å². The second-order valence-electron chi connectivity index (χ2n) is 3.41. The lowest BCUT2D eigenvalue weighted by Crippen LogP contribution is -1.96. The highest BCUT2D eigenvalue weighted by molar-refractivity contribution is 7.13. The van der Waals surface area contributed by atoms with Gasteiger partial charge in [-0.25, -0.2) is 0 Å². The van der Waals surface area contributed by atoms with E-state index in [1.165, 1.54) is 23.3 Å². The van der Waals surface area contributed by atoms with Gasteiger partial charge >= 0.3 is 0 Å². The van der Waals surface area contributed by atoms with Gasteiger partial charge in [-0.1, -0.05) is 0 Å². The molecule has 1 aliphatic rings. The molecule has 0 amide bonds. The Kier molecular flexibility index (Phi) is 2.63. The molecule has 4 heteroatoms. The average Bonchev–Trinajstić information content (AvgIpc) is 2.57. The first kappa shape index (κ1) is 9.40. The van der Waals surface area contributed by atoms with Gasteiger partial charge in [0.2, 0.25) is 6.20 Å². The SMILES string of the molecule is O=[N+]([O-])/C=C/c1cc2c(s1)CCCC2. The van der Waals surface area contributed by atoms with Gasteiger partial charge in [0.05, 0.1) is 4.92 Å². The topological polar surface area (TPSA) is 43.1 Å². The van der Waals surface area contributed by atoms with Crippen molar-refractivity contribution in [3.05, 3.63) is 37.7 Å². The summed E-state index contributed by atoms with van der Waals surface area (Å²) in [5, 5.41) is 10.1. The molecule has 0 fully saturated rings. The molecule has 1 aromatic rings. The molecule has 1 heterocycles. The predicted octanol–water partition coefficient (Wildman–Crippen LogP) is 2.87. The standard InChI is InChI=1S/C10H11NO2S/c12-11(13)6-5-9-7-8-3-1-2-4-10(8)14-9/h5-7H,1-4H2/b6-5+. The molecule has 3 nitrogen and oxygen atoms in total. The monoisotopic (exact) mass is 209 g/mol. The third-order valence-electron chi connectivity index (χ3n) is 2.38. The molecular weight excluding hydrogens is 198 g/mol. The molecule has 0 N–H and O–H groups in total. The summed E-state index contributed by atoms with van der Waals surface area (Å²) in [6.07, 6.45) is 7.39. The molecule has 0 atom stereocenters. The molecule has 0 spiro atoms. The highest BCUT2D eigenvalue weighted by atomic mass is 32.1. The summed E-state index contributed by atoms with van der Waals surface area (Å²) in [5.41, 5.74) is 1.39. The molecule has 74 valence electrons. The van der Waals surface area contributed by atoms with E-state index in [0.717, 1.165) is 23.9 Å². The summed E-state index contributed by atoms with van der Waals surface area (Å²) in [4.78, 5) is 12.1. The first-order chi connectivity index (χ1) is 6.75. The molecule has 0 aliphatic heterocycles. The molecule has 2 rings (SSSR count). The molecule has 0 aromatic carbocycles. The first-order valence-corrected chi connectivity index (χ1v) is 5.50. The second kappa shape index (κ2) is 3.92. The Morgan fingerprint density at radius 2 is 2.21 bits per heavy atom. The Hall–Kier alpha value is -1.16. The summed E-state index contributed by atoms with van der Waals surface area (Å²) in [6, 6.07) is 2.08. The van der Waals surface area contributed by atoms with Gasteiger partial charge in [0, 0.05) is 15.8 Å². The molecule has 1 aliphatic carbocycles. The number of hydrogen-bond donors (Lipinski definition) is 0. The van der Waals surface area contributed by atoms with Crippen molar-refractivity contribution >= 4 is 17.4 Å². The van der Waals surface area contributed by atoms with Crippen molar-refractivity contribution in [1.82, 2.24) is 0 Å². The summed E-state index contributed by atoms with van der Waals surface area (Å²) in [7, 11) is 0. The lowest BCUT2D eigenvalue weighted by molar-refractivity contribution is -0.400. The Labute approximate surface area is 86.2 Å². The van der Waals surface area contributed by atoms with Crippen LogP contribution in [-0.2, 0) is 12.8 Å². The molecule has 14 heavy (non-hydrogen) atoms. The quantitative estimate of drug-likeness (QED) is 0.555. The van der Waals surface area contributed by atoms with Crippen molar-refractivity contribution in [3.8, 4) is 0 Å². The van der Waals surface area contributed by atoms with Gasteiger partial charge in [0.1, 0.15) is 0 Å². The third-order valence-corrected chi connectivity index (χ3v) is 3.58. The van der Waals surface area contributed by atoms with Crippen LogP contribution >= 0.6 is 11.3 Å². The van der Waals surface area contributed by atoms with Crippen molar-refractivity contribution in [2.45, 2.75) is 25.7 Å². The van der Waals surface area contributed by atoms with Gasteiger partial charge in [0.25, 0.3) is 0 Å². The number of fused-ring (bicyclic) bond motifs is 1. The maximum Gasteiger partial charge on any atom is 0.235 e. The summed E-state index contributed by atoms with van der Waals surface area (Å²) < 4.78 is 0. The van der Waals surface area contributed by atoms with Crippen LogP contribution in [0.5, 0.6) is 0 Å². The van der Waals surface area contributed by atoms with E-state index in [1.807, 2.05) is 0 Å². The number of nitro groups is 1. The molecule has 0 unspecified atom stereocenters. The zero-order valence-corrected chi connectivity index (χ0v) is 8.55. The van der Waals surface area contributed by atoms with Gasteiger partial charge in [0.15, 0.2) is 0 Å². The average molecular weight is 209 g/mol. The molecule has 0 saturated carbocycles. The normalized spacial score (nSPS) is 15.7. The summed E-state index contributed by atoms with van der Waals surface area (Å²) >= 11 is 1.69. The van der Waals surface area contributed by atoms with Crippen LogP contribution in [0, 0.1) is 10.1 Å². The van der Waals surface area contributed by atoms with E-state index in [0.29, 0.717) is 0 Å². The molecule has 0 bridgehead atoms. The maximum atomic E-state index is 10.1. The molecular formula is C10H11NO2S. The molecule has 1 aromatic heterocycles. The predicted molar refractivity (Wildman–Crippen MR) is 57.0 cm³/mol. The first-order valence-electron chi connectivity index (χ1n) is 4.69. The van der Waals surface area contributed by atoms with Crippen molar-refractivity contribution in [3.63, 3.8) is 0 Å². The Balaban J connectivity index is 2.20. The number of thiophene rings is 1. The fourth-order valence-electron chi connectivity index (χ4n) is 1.73. The van der Waals surface area contributed by atoms with Crippen LogP contribution < -0.4 is 0 Å². The van der Waals surface area contributed by atoms with Crippen LogP contribution in [-0.4, -0.2) is 4.92 Å². The van der Waals surface area contributed by atoms with E-state index in [-0.39, 0.29) is 0 Å². The largest absolute Gasteiger partial charge is 0.259 e. The minimum Gasteiger partial charge on any atom is -0.259 e. The Morgan fingerprint density at radius 1 is 1.43 bits per heavy atom. The Bertz CT molecular complexity index is 358. The van der Waals surface area contributed by atoms with Crippen LogP contribution in [0.3, 0.4) is 0 Å². The van der Waals surface area contributed by atoms with E-state index in [4.69, 9.17) is 0 Å². The fraction of sp³-hybridized carbons (Fsp3) is 0.400. The highest BCUT2D eigenvalue weighted by Crippen LogP contribution is 2.30. The fourth-order valence-corrected chi connectivity index (χ4v) is 2.88. The summed E-state index contributed by atoms with van der Waals surface area (Å²) in [6.45, 7) is 0. The molecule has 0 saturated heterocycles. The van der Waals surface area contributed by atoms with Gasteiger partial charge < -0.3 is 0 Å². The lowest BCUT2D eigenvalue weighted by Gasteiger charge is -2.08. The van der Waals surface area contributed by atoms with Crippen molar-refractivity contribution in [1.29, 1.82) is 0 Å². The zero-order valence-electron chi connectivity index (χ0n) is 7.73. The van der Waals surface area contributed by atoms with Crippen LogP contribution in [0.2, 0.25) is 0 Å². The van der Waals surface area contributed by atoms with E-state index in [1.54, 1.807) is 17.4 Å². The second-order valence-corrected chi connectivity index (χ2v) is 4.57. The maximum absolute atomic E-state index is 10.1. The van der Waals surface area contributed by atoms with Crippen molar-refractivity contribution < 1.29 is 4.92 Å². The number of aryl methyl sites for hydroxylation is 2. The van der Waals surface area contributed by atoms with Gasteiger partial charge in [-0.05, 0) is 37.3 Å². The zero-order chi connectivity index (χ0) is 9.97. The number of nitrogens with zero attached hydrogens (tertiary/aromatic N) is 1. The van der Waals surface area contributed by atoms with Gasteiger partial charge in [-0.3, -0.25) is 10.1 Å². The number of hydrogen-bond acceptors (Lipinski definition) is 3. The Morgan fingerprint density at radius 3 is 2.93 bits per heavy atom. The van der Waals surface area contributed by atoms with Crippen LogP contribution in [0.4, 0.5) is 0 Å². The minimum atomic E-state index is -0.418. The molecule has 0 radical (unpaired) electrons. The van der Waals surface area contributed by atoms with Gasteiger partial charge in [-0.2, -0.15) is 0 Å². The van der Waals surface area contributed by atoms with E-state index in [9.17, 15) is 10.1 Å². The van der Waals surface area contributed by atoms with Crippen molar-refractivity contribution in [2.75, 3.05) is 0 Å². The minimum absolute atomic E-state index is 0.418. The van der Waals surface area contributed by atoms with E-state index < -0.39 is 4.92 Å². The lowest BCUT2D eigenvalue weighted by atomic mass is 9.99. The van der Waals surface area contributed by atoms with Crippen molar-refractivity contribution in [2.24, 2.45) is 0 Å². The highest BCUT2D eigenvalue weighted by Gasteiger charge is 2.12. The third kappa shape index (κ3) is 2.01. The van der Waals surface area contributed by atoms with Crippen LogP contribution in [0.15, 0.2) is 12.3 Å². The number of rotatable bonds is 2. The summed E-state index contributed by atoms with van der Waals surface area (Å²) in [5.74, 6) is 0. The smallest absolute Gasteiger partial charge is 0.235 e.